The van der Waals surface area contributed by atoms with Gasteiger partial charge in [-0.1, -0.05) is 6.58 Å². The summed E-state index contributed by atoms with van der Waals surface area (Å²) in [6.45, 7) is 8.98. The number of rotatable bonds is 3. The minimum Gasteiger partial charge on any atom is -0.458 e. The summed E-state index contributed by atoms with van der Waals surface area (Å²) in [5.41, 5.74) is -8.12. The van der Waals surface area contributed by atoms with E-state index in [9.17, 15) is 26.4 Å². The van der Waals surface area contributed by atoms with E-state index in [4.69, 9.17) is 4.74 Å². The molecule has 134 valence electrons. The molecule has 0 aliphatic carbocycles. The second kappa shape index (κ2) is 6.17. The second-order valence-corrected chi connectivity index (χ2v) is 9.76. The number of sulfonamides is 1. The first-order valence-electron chi connectivity index (χ1n) is 6.69. The van der Waals surface area contributed by atoms with E-state index in [-0.39, 0.29) is 16.4 Å². The summed E-state index contributed by atoms with van der Waals surface area (Å²) in [4.78, 5) is 11.6. The molecule has 0 aromatic carbocycles. The lowest BCUT2D eigenvalue weighted by Gasteiger charge is -2.53. The van der Waals surface area contributed by atoms with Crippen LogP contribution >= 0.6 is 22.6 Å². The van der Waals surface area contributed by atoms with Crippen molar-refractivity contribution in [2.45, 2.75) is 63.2 Å². The number of hydrogen-bond acceptors (Lipinski definition) is 4. The SMILES string of the molecule is C=C(I)C(=O)OC1CC(C)(C)N(S(=O)(=O)C(F)(F)F)C(C)(C)C1. The highest BCUT2D eigenvalue weighted by Gasteiger charge is 2.61. The molecular weight excluding hydrogens is 450 g/mol. The van der Waals surface area contributed by atoms with Crippen LogP contribution in [0.3, 0.4) is 0 Å². The highest BCUT2D eigenvalue weighted by molar-refractivity contribution is 14.1. The molecule has 1 aliphatic heterocycles. The average molecular weight is 469 g/mol. The Labute approximate surface area is 147 Å². The van der Waals surface area contributed by atoms with E-state index in [2.05, 4.69) is 6.58 Å². The van der Waals surface area contributed by atoms with Gasteiger partial charge in [0.05, 0.1) is 3.58 Å². The number of esters is 1. The molecule has 5 nitrogen and oxygen atoms in total. The normalized spacial score (nSPS) is 22.6. The third-order valence-electron chi connectivity index (χ3n) is 3.58. The van der Waals surface area contributed by atoms with Crippen molar-refractivity contribution in [1.82, 2.24) is 4.31 Å². The first-order valence-corrected chi connectivity index (χ1v) is 9.21. The van der Waals surface area contributed by atoms with Gasteiger partial charge in [-0.25, -0.2) is 13.2 Å². The van der Waals surface area contributed by atoms with Crippen molar-refractivity contribution in [3.8, 4) is 0 Å². The molecule has 1 heterocycles. The summed E-state index contributed by atoms with van der Waals surface area (Å²) in [6.07, 6.45) is -0.776. The first kappa shape index (κ1) is 20.7. The van der Waals surface area contributed by atoms with Gasteiger partial charge in [-0.2, -0.15) is 17.5 Å². The highest BCUT2D eigenvalue weighted by atomic mass is 127. The number of piperidine rings is 1. The maximum Gasteiger partial charge on any atom is 0.511 e. The predicted octanol–water partition coefficient (Wildman–Crippen LogP) is 3.35. The standard InChI is InChI=1S/C13H19F3INO4S/c1-8(17)10(19)22-9-6-11(2,3)18(12(4,5)7-9)23(20,21)13(14,15)16/h9H,1,6-7H2,2-5H3. The summed E-state index contributed by atoms with van der Waals surface area (Å²) in [7, 11) is -5.51. The number of hydrogen-bond donors (Lipinski definition) is 0. The zero-order valence-electron chi connectivity index (χ0n) is 13.2. The topological polar surface area (TPSA) is 63.7 Å². The van der Waals surface area contributed by atoms with Crippen LogP contribution in [0.15, 0.2) is 10.2 Å². The van der Waals surface area contributed by atoms with Crippen LogP contribution in [0.2, 0.25) is 0 Å². The smallest absolute Gasteiger partial charge is 0.458 e. The Kier molecular flexibility index (Phi) is 5.55. The molecule has 0 amide bonds. The van der Waals surface area contributed by atoms with Gasteiger partial charge < -0.3 is 4.74 Å². The van der Waals surface area contributed by atoms with Crippen LogP contribution in [0.1, 0.15) is 40.5 Å². The maximum absolute atomic E-state index is 13.0. The molecule has 0 saturated carbocycles. The minimum absolute atomic E-state index is 0.0403. The van der Waals surface area contributed by atoms with Gasteiger partial charge in [0.2, 0.25) is 0 Å². The van der Waals surface area contributed by atoms with Crippen LogP contribution in [0, 0.1) is 0 Å². The van der Waals surface area contributed by atoms with E-state index in [0.717, 1.165) is 0 Å². The first-order chi connectivity index (χ1) is 10.0. The van der Waals surface area contributed by atoms with Gasteiger partial charge >= 0.3 is 21.5 Å². The molecule has 10 heteroatoms. The Morgan fingerprint density at radius 1 is 1.22 bits per heavy atom. The molecular formula is C13H19F3INO4S. The van der Waals surface area contributed by atoms with Crippen molar-refractivity contribution in [1.29, 1.82) is 0 Å². The number of alkyl halides is 3. The monoisotopic (exact) mass is 469 g/mol. The molecule has 0 radical (unpaired) electrons. The van der Waals surface area contributed by atoms with Gasteiger partial charge in [0.15, 0.2) is 0 Å². The second-order valence-electron chi connectivity index (χ2n) is 6.68. The van der Waals surface area contributed by atoms with E-state index < -0.39 is 38.7 Å². The van der Waals surface area contributed by atoms with E-state index in [1.54, 1.807) is 22.6 Å². The van der Waals surface area contributed by atoms with Crippen molar-refractivity contribution < 1.29 is 31.1 Å². The van der Waals surface area contributed by atoms with Crippen LogP contribution in [0.4, 0.5) is 13.2 Å². The van der Waals surface area contributed by atoms with Crippen molar-refractivity contribution in [3.05, 3.63) is 10.2 Å². The summed E-state index contributed by atoms with van der Waals surface area (Å²) in [5, 5.41) is 0. The third kappa shape index (κ3) is 4.19. The molecule has 0 aromatic heterocycles. The van der Waals surface area contributed by atoms with Crippen LogP contribution in [-0.4, -0.2) is 41.4 Å². The Morgan fingerprint density at radius 2 is 1.61 bits per heavy atom. The van der Waals surface area contributed by atoms with Gasteiger partial charge in [0.1, 0.15) is 6.10 Å². The van der Waals surface area contributed by atoms with Gasteiger partial charge in [-0.3, -0.25) is 0 Å². The lowest BCUT2D eigenvalue weighted by molar-refractivity contribution is -0.151. The fourth-order valence-corrected chi connectivity index (χ4v) is 5.01. The van der Waals surface area contributed by atoms with Gasteiger partial charge in [-0.15, -0.1) is 0 Å². The summed E-state index contributed by atoms with van der Waals surface area (Å²) in [5.74, 6) is -0.658. The third-order valence-corrected chi connectivity index (χ3v) is 6.08. The summed E-state index contributed by atoms with van der Waals surface area (Å²) < 4.78 is 68.7. The van der Waals surface area contributed by atoms with Crippen LogP contribution in [0.25, 0.3) is 0 Å². The van der Waals surface area contributed by atoms with Crippen LogP contribution in [0.5, 0.6) is 0 Å². The molecule has 0 spiro atoms. The molecule has 0 unspecified atom stereocenters. The van der Waals surface area contributed by atoms with Gasteiger partial charge in [0, 0.05) is 23.9 Å². The summed E-state index contributed by atoms with van der Waals surface area (Å²) >= 11 is 1.69. The number of ether oxygens (including phenoxy) is 1. The predicted molar refractivity (Wildman–Crippen MR) is 87.2 cm³/mol. The fourth-order valence-electron chi connectivity index (χ4n) is 3.22. The largest absolute Gasteiger partial charge is 0.511 e. The molecule has 0 aromatic rings. The van der Waals surface area contributed by atoms with Gasteiger partial charge in [-0.05, 0) is 50.3 Å². The maximum atomic E-state index is 13.0. The number of halogens is 4. The lowest BCUT2D eigenvalue weighted by atomic mass is 9.81. The Hall–Kier alpha value is -0.360. The van der Waals surface area contributed by atoms with E-state index >= 15 is 0 Å². The lowest BCUT2D eigenvalue weighted by Crippen LogP contribution is -2.66. The number of carbonyl (C=O) groups is 1. The molecule has 1 saturated heterocycles. The Balaban J connectivity index is 3.21. The van der Waals surface area contributed by atoms with Crippen LogP contribution < -0.4 is 0 Å². The van der Waals surface area contributed by atoms with Crippen molar-refractivity contribution in [3.63, 3.8) is 0 Å². The molecule has 23 heavy (non-hydrogen) atoms. The quantitative estimate of drug-likeness (QED) is 0.362. The van der Waals surface area contributed by atoms with E-state index in [0.29, 0.717) is 4.31 Å². The van der Waals surface area contributed by atoms with Crippen molar-refractivity contribution in [2.75, 3.05) is 0 Å². The molecule has 0 atom stereocenters. The van der Waals surface area contributed by atoms with E-state index in [1.807, 2.05) is 0 Å². The minimum atomic E-state index is -5.51. The zero-order chi connectivity index (χ0) is 18.4. The Bertz CT molecular complexity index is 595. The number of carbonyl (C=O) groups excluding carboxylic acids is 1. The Morgan fingerprint density at radius 3 is 1.91 bits per heavy atom. The van der Waals surface area contributed by atoms with E-state index in [1.165, 1.54) is 27.7 Å². The fraction of sp³-hybridized carbons (Fsp3) is 0.769. The number of nitrogens with zero attached hydrogens (tertiary/aromatic N) is 1. The van der Waals surface area contributed by atoms with Gasteiger partial charge in [0.25, 0.3) is 0 Å². The average Bonchev–Trinajstić information content (AvgIpc) is 2.22. The molecule has 0 bridgehead atoms. The zero-order valence-corrected chi connectivity index (χ0v) is 16.2. The summed E-state index contributed by atoms with van der Waals surface area (Å²) in [6, 6.07) is 0. The molecule has 1 rings (SSSR count). The molecule has 0 N–H and O–H groups in total. The molecule has 1 aliphatic rings. The van der Waals surface area contributed by atoms with Crippen molar-refractivity contribution in [2.24, 2.45) is 0 Å². The molecule has 1 fully saturated rings. The van der Waals surface area contributed by atoms with Crippen molar-refractivity contribution >= 4 is 38.6 Å². The van der Waals surface area contributed by atoms with Crippen LogP contribution in [-0.2, 0) is 19.6 Å². The highest BCUT2D eigenvalue weighted by Crippen LogP contribution is 2.45.